The van der Waals surface area contributed by atoms with E-state index in [0.717, 1.165) is 25.7 Å². The van der Waals surface area contributed by atoms with Crippen LogP contribution in [0.4, 0.5) is 0 Å². The second kappa shape index (κ2) is 7.81. The highest BCUT2D eigenvalue weighted by Crippen LogP contribution is 2.17. The zero-order chi connectivity index (χ0) is 15.2. The van der Waals surface area contributed by atoms with E-state index in [0.29, 0.717) is 12.2 Å². The Kier molecular flexibility index (Phi) is 6.71. The summed E-state index contributed by atoms with van der Waals surface area (Å²) in [6, 6.07) is 1.52. The molecular weight excluding hydrogens is 276 g/mol. The Bertz CT molecular complexity index is 508. The molecule has 1 aromatic heterocycles. The Labute approximate surface area is 122 Å². The van der Waals surface area contributed by atoms with Crippen LogP contribution in [0.3, 0.4) is 0 Å². The molecule has 1 rings (SSSR count). The lowest BCUT2D eigenvalue weighted by Gasteiger charge is -2.15. The fourth-order valence-corrected chi connectivity index (χ4v) is 3.65. The van der Waals surface area contributed by atoms with Gasteiger partial charge in [-0.2, -0.15) is 0 Å². The van der Waals surface area contributed by atoms with Gasteiger partial charge in [-0.1, -0.05) is 27.2 Å². The van der Waals surface area contributed by atoms with Crippen molar-refractivity contribution >= 4 is 10.0 Å². The van der Waals surface area contributed by atoms with Gasteiger partial charge in [0.15, 0.2) is 0 Å². The molecular formula is C14H26N2O3S. The van der Waals surface area contributed by atoms with Gasteiger partial charge in [-0.25, -0.2) is 13.1 Å². The van der Waals surface area contributed by atoms with E-state index in [1.165, 1.54) is 0 Å². The van der Waals surface area contributed by atoms with E-state index >= 15 is 0 Å². The van der Waals surface area contributed by atoms with Crippen molar-refractivity contribution in [3.05, 3.63) is 18.0 Å². The highest BCUT2D eigenvalue weighted by molar-refractivity contribution is 7.89. The highest BCUT2D eigenvalue weighted by atomic mass is 32.2. The lowest BCUT2D eigenvalue weighted by molar-refractivity contribution is 0.270. The molecule has 0 aliphatic rings. The first kappa shape index (κ1) is 17.2. The number of nitrogens with zero attached hydrogens (tertiary/aromatic N) is 1. The van der Waals surface area contributed by atoms with Crippen molar-refractivity contribution in [2.45, 2.75) is 70.5 Å². The van der Waals surface area contributed by atoms with Crippen LogP contribution in [0, 0.1) is 0 Å². The molecule has 0 aliphatic carbocycles. The fourth-order valence-electron chi connectivity index (χ4n) is 2.24. The van der Waals surface area contributed by atoms with Gasteiger partial charge in [-0.3, -0.25) is 0 Å². The summed E-state index contributed by atoms with van der Waals surface area (Å²) >= 11 is 0. The van der Waals surface area contributed by atoms with Gasteiger partial charge in [0, 0.05) is 24.5 Å². The molecule has 2 N–H and O–H groups in total. The Hall–Kier alpha value is -0.850. The second-order valence-electron chi connectivity index (χ2n) is 5.03. The van der Waals surface area contributed by atoms with E-state index in [1.807, 2.05) is 20.8 Å². The maximum atomic E-state index is 12.4. The van der Waals surface area contributed by atoms with Gasteiger partial charge in [0.25, 0.3) is 0 Å². The van der Waals surface area contributed by atoms with Crippen molar-refractivity contribution in [1.29, 1.82) is 0 Å². The monoisotopic (exact) mass is 302 g/mol. The van der Waals surface area contributed by atoms with Gasteiger partial charge in [0.2, 0.25) is 10.0 Å². The van der Waals surface area contributed by atoms with E-state index < -0.39 is 10.0 Å². The number of aliphatic hydroxyl groups excluding tert-OH is 1. The average Bonchev–Trinajstić information content (AvgIpc) is 2.82. The predicted octanol–water partition coefficient (Wildman–Crippen LogP) is 2.25. The summed E-state index contributed by atoms with van der Waals surface area (Å²) in [6.45, 7) is 6.59. The fraction of sp³-hybridized carbons (Fsp3) is 0.714. The zero-order valence-electron chi connectivity index (χ0n) is 12.6. The number of aliphatic hydroxyl groups is 1. The van der Waals surface area contributed by atoms with Crippen LogP contribution in [0.15, 0.2) is 17.2 Å². The average molecular weight is 302 g/mol. The zero-order valence-corrected chi connectivity index (χ0v) is 13.4. The molecule has 0 aromatic carbocycles. The summed E-state index contributed by atoms with van der Waals surface area (Å²) in [4.78, 5) is 0.240. The molecule has 20 heavy (non-hydrogen) atoms. The van der Waals surface area contributed by atoms with Crippen molar-refractivity contribution < 1.29 is 13.5 Å². The van der Waals surface area contributed by atoms with Crippen LogP contribution in [0.1, 0.15) is 52.1 Å². The van der Waals surface area contributed by atoms with Crippen molar-refractivity contribution in [3.63, 3.8) is 0 Å². The van der Waals surface area contributed by atoms with E-state index in [2.05, 4.69) is 4.72 Å². The maximum absolute atomic E-state index is 12.4. The SMILES string of the molecule is CCCC(CC)NS(=O)(=O)c1cc(CO)n(CCC)c1. The molecule has 0 bridgehead atoms. The van der Waals surface area contributed by atoms with Gasteiger partial charge in [-0.05, 0) is 25.3 Å². The van der Waals surface area contributed by atoms with E-state index in [1.54, 1.807) is 16.8 Å². The van der Waals surface area contributed by atoms with Crippen LogP contribution < -0.4 is 4.72 Å². The Balaban J connectivity index is 2.97. The van der Waals surface area contributed by atoms with Crippen molar-refractivity contribution in [2.24, 2.45) is 0 Å². The second-order valence-corrected chi connectivity index (χ2v) is 6.75. The van der Waals surface area contributed by atoms with Crippen LogP contribution >= 0.6 is 0 Å². The lowest BCUT2D eigenvalue weighted by atomic mass is 10.1. The number of nitrogens with one attached hydrogen (secondary N) is 1. The van der Waals surface area contributed by atoms with Gasteiger partial charge in [0.05, 0.1) is 11.5 Å². The first-order chi connectivity index (χ1) is 9.48. The number of rotatable bonds is 9. The Morgan fingerprint density at radius 3 is 2.50 bits per heavy atom. The number of aryl methyl sites for hydroxylation is 1. The number of hydrogen-bond acceptors (Lipinski definition) is 3. The summed E-state index contributed by atoms with van der Waals surface area (Å²) in [6.07, 6.45) is 5.05. The summed E-state index contributed by atoms with van der Waals surface area (Å²) in [5.41, 5.74) is 0.635. The van der Waals surface area contributed by atoms with Crippen molar-refractivity contribution in [3.8, 4) is 0 Å². The standard InChI is InChI=1S/C14H26N2O3S/c1-4-7-12(6-3)15-20(18,19)14-9-13(11-17)16(10-14)8-5-2/h9-10,12,15,17H,4-8,11H2,1-3H3. The van der Waals surface area contributed by atoms with E-state index in [4.69, 9.17) is 0 Å². The minimum Gasteiger partial charge on any atom is -0.390 e. The topological polar surface area (TPSA) is 71.3 Å². The summed E-state index contributed by atoms with van der Waals surface area (Å²) in [7, 11) is -3.51. The molecule has 0 radical (unpaired) electrons. The third-order valence-corrected chi connectivity index (χ3v) is 4.84. The molecule has 1 atom stereocenters. The molecule has 0 aliphatic heterocycles. The first-order valence-electron chi connectivity index (χ1n) is 7.30. The number of sulfonamides is 1. The molecule has 1 aromatic rings. The molecule has 0 amide bonds. The van der Waals surface area contributed by atoms with Gasteiger partial charge >= 0.3 is 0 Å². The van der Waals surface area contributed by atoms with Crippen LogP contribution in [0.25, 0.3) is 0 Å². The van der Waals surface area contributed by atoms with Crippen LogP contribution in [-0.4, -0.2) is 24.1 Å². The van der Waals surface area contributed by atoms with E-state index in [9.17, 15) is 13.5 Å². The Morgan fingerprint density at radius 1 is 1.30 bits per heavy atom. The minimum absolute atomic E-state index is 0.0305. The summed E-state index contributed by atoms with van der Waals surface area (Å²) in [5, 5.41) is 9.30. The maximum Gasteiger partial charge on any atom is 0.242 e. The molecule has 0 saturated heterocycles. The number of aromatic nitrogens is 1. The third-order valence-electron chi connectivity index (χ3n) is 3.35. The first-order valence-corrected chi connectivity index (χ1v) is 8.79. The molecule has 0 fully saturated rings. The molecule has 0 spiro atoms. The molecule has 5 nitrogen and oxygen atoms in total. The molecule has 0 saturated carbocycles. The number of hydrogen-bond donors (Lipinski definition) is 2. The third kappa shape index (κ3) is 4.33. The van der Waals surface area contributed by atoms with Gasteiger partial charge in [-0.15, -0.1) is 0 Å². The van der Waals surface area contributed by atoms with Gasteiger partial charge in [0.1, 0.15) is 0 Å². The van der Waals surface area contributed by atoms with Crippen LogP contribution in [0.2, 0.25) is 0 Å². The summed E-state index contributed by atoms with van der Waals surface area (Å²) in [5.74, 6) is 0. The molecule has 6 heteroatoms. The largest absolute Gasteiger partial charge is 0.390 e. The predicted molar refractivity (Wildman–Crippen MR) is 80.0 cm³/mol. The van der Waals surface area contributed by atoms with Crippen molar-refractivity contribution in [1.82, 2.24) is 9.29 Å². The molecule has 116 valence electrons. The lowest BCUT2D eigenvalue weighted by Crippen LogP contribution is -2.34. The van der Waals surface area contributed by atoms with Crippen LogP contribution in [0.5, 0.6) is 0 Å². The highest BCUT2D eigenvalue weighted by Gasteiger charge is 2.21. The molecule has 1 unspecified atom stereocenters. The summed E-state index contributed by atoms with van der Waals surface area (Å²) < 4.78 is 29.3. The van der Waals surface area contributed by atoms with Crippen LogP contribution in [-0.2, 0) is 23.2 Å². The minimum atomic E-state index is -3.51. The quantitative estimate of drug-likeness (QED) is 0.735. The van der Waals surface area contributed by atoms with E-state index in [-0.39, 0.29) is 17.5 Å². The van der Waals surface area contributed by atoms with Crippen molar-refractivity contribution in [2.75, 3.05) is 0 Å². The van der Waals surface area contributed by atoms with Gasteiger partial charge < -0.3 is 9.67 Å². The Morgan fingerprint density at radius 2 is 2.00 bits per heavy atom. The normalized spacial score (nSPS) is 13.6. The smallest absolute Gasteiger partial charge is 0.242 e. The molecule has 1 heterocycles.